The topological polar surface area (TPSA) is 76.2 Å². The van der Waals surface area contributed by atoms with Crippen LogP contribution in [0.3, 0.4) is 0 Å². The molecule has 1 aromatic carbocycles. The molecule has 0 spiro atoms. The van der Waals surface area contributed by atoms with Gasteiger partial charge in [-0.2, -0.15) is 0 Å². The van der Waals surface area contributed by atoms with Gasteiger partial charge in [0, 0.05) is 29.1 Å². The molecule has 0 saturated heterocycles. The zero-order valence-corrected chi connectivity index (χ0v) is 14.3. The van der Waals surface area contributed by atoms with Gasteiger partial charge in [-0.15, -0.1) is 0 Å². The molecule has 2 aromatic heterocycles. The van der Waals surface area contributed by atoms with Crippen LogP contribution < -0.4 is 20.3 Å². The Balaban J connectivity index is 1.78. The number of fused-ring (bicyclic) bond motifs is 1. The second-order valence-electron chi connectivity index (χ2n) is 5.48. The molecule has 0 aliphatic rings. The molecule has 2 heterocycles. The van der Waals surface area contributed by atoms with Gasteiger partial charge in [0.1, 0.15) is 5.75 Å². The number of aromatic nitrogens is 2. The van der Waals surface area contributed by atoms with Gasteiger partial charge in [0.2, 0.25) is 5.88 Å². The number of nitrogens with one attached hydrogen (secondary N) is 2. The van der Waals surface area contributed by atoms with Crippen molar-refractivity contribution in [1.82, 2.24) is 9.97 Å². The van der Waals surface area contributed by atoms with Crippen LogP contribution in [0.5, 0.6) is 11.6 Å². The molecular weight excluding hydrogens is 318 g/mol. The fraction of sp³-hybridized carbons (Fsp3) is 0.263. The van der Waals surface area contributed by atoms with Crippen LogP contribution in [-0.2, 0) is 6.54 Å². The molecule has 0 saturated carbocycles. The summed E-state index contributed by atoms with van der Waals surface area (Å²) in [5.74, 6) is 1.37. The molecule has 3 aromatic rings. The Kier molecular flexibility index (Phi) is 5.18. The number of pyridine rings is 2. The largest absolute Gasteiger partial charge is 0.494 e. The van der Waals surface area contributed by atoms with E-state index in [1.54, 1.807) is 12.3 Å². The van der Waals surface area contributed by atoms with Gasteiger partial charge in [-0.25, -0.2) is 4.98 Å². The molecular formula is C19H21N3O3. The number of hydrogen-bond donors (Lipinski definition) is 2. The molecule has 2 N–H and O–H groups in total. The summed E-state index contributed by atoms with van der Waals surface area (Å²) >= 11 is 0. The highest BCUT2D eigenvalue weighted by Crippen LogP contribution is 2.19. The van der Waals surface area contributed by atoms with Crippen molar-refractivity contribution < 1.29 is 9.47 Å². The minimum atomic E-state index is -0.108. The number of anilines is 1. The maximum absolute atomic E-state index is 12.2. The summed E-state index contributed by atoms with van der Waals surface area (Å²) in [4.78, 5) is 19.3. The highest BCUT2D eigenvalue weighted by molar-refractivity contribution is 5.80. The van der Waals surface area contributed by atoms with Crippen LogP contribution in [0.25, 0.3) is 10.9 Å². The third kappa shape index (κ3) is 4.09. The minimum absolute atomic E-state index is 0.108. The number of nitrogens with zero attached hydrogens (tertiary/aromatic N) is 1. The summed E-state index contributed by atoms with van der Waals surface area (Å²) in [6.45, 7) is 5.44. The van der Waals surface area contributed by atoms with E-state index in [9.17, 15) is 4.79 Å². The molecule has 0 fully saturated rings. The second-order valence-corrected chi connectivity index (χ2v) is 5.48. The zero-order chi connectivity index (χ0) is 17.6. The second kappa shape index (κ2) is 7.70. The highest BCUT2D eigenvalue weighted by Gasteiger charge is 2.05. The summed E-state index contributed by atoms with van der Waals surface area (Å²) in [5, 5.41) is 4.14. The quantitative estimate of drug-likeness (QED) is 0.690. The molecule has 0 atom stereocenters. The van der Waals surface area contributed by atoms with Crippen molar-refractivity contribution in [3.63, 3.8) is 0 Å². The van der Waals surface area contributed by atoms with Crippen molar-refractivity contribution in [2.24, 2.45) is 0 Å². The lowest BCUT2D eigenvalue weighted by molar-refractivity contribution is 0.327. The molecule has 25 heavy (non-hydrogen) atoms. The van der Waals surface area contributed by atoms with Crippen LogP contribution in [0, 0.1) is 0 Å². The molecule has 0 unspecified atom stereocenters. The van der Waals surface area contributed by atoms with E-state index in [2.05, 4.69) is 15.3 Å². The predicted octanol–water partition coefficient (Wildman–Crippen LogP) is 3.33. The first kappa shape index (κ1) is 16.8. The number of hydrogen-bond acceptors (Lipinski definition) is 5. The van der Waals surface area contributed by atoms with Gasteiger partial charge in [-0.1, -0.05) is 0 Å². The summed E-state index contributed by atoms with van der Waals surface area (Å²) in [6.07, 6.45) is 1.69. The number of H-pyrrole nitrogens is 1. The van der Waals surface area contributed by atoms with Gasteiger partial charge < -0.3 is 19.8 Å². The van der Waals surface area contributed by atoms with E-state index >= 15 is 0 Å². The average molecular weight is 339 g/mol. The van der Waals surface area contributed by atoms with Crippen molar-refractivity contribution in [3.05, 3.63) is 58.5 Å². The van der Waals surface area contributed by atoms with Gasteiger partial charge in [-0.05, 0) is 44.2 Å². The number of benzene rings is 1. The Labute approximate surface area is 145 Å². The minimum Gasteiger partial charge on any atom is -0.494 e. The van der Waals surface area contributed by atoms with E-state index in [0.29, 0.717) is 31.2 Å². The zero-order valence-electron chi connectivity index (χ0n) is 14.3. The summed E-state index contributed by atoms with van der Waals surface area (Å²) < 4.78 is 10.8. The van der Waals surface area contributed by atoms with Crippen LogP contribution in [-0.4, -0.2) is 23.2 Å². The first-order valence-electron chi connectivity index (χ1n) is 8.31. The molecule has 130 valence electrons. The average Bonchev–Trinajstić information content (AvgIpc) is 2.62. The number of ether oxygens (including phenoxy) is 2. The Morgan fingerprint density at radius 1 is 1.08 bits per heavy atom. The van der Waals surface area contributed by atoms with Gasteiger partial charge in [-0.3, -0.25) is 4.79 Å². The van der Waals surface area contributed by atoms with E-state index in [-0.39, 0.29) is 5.56 Å². The molecule has 3 rings (SSSR count). The number of rotatable bonds is 7. The van der Waals surface area contributed by atoms with Gasteiger partial charge in [0.05, 0.1) is 25.1 Å². The summed E-state index contributed by atoms with van der Waals surface area (Å²) in [7, 11) is 0. The summed E-state index contributed by atoms with van der Waals surface area (Å²) in [5.41, 5.74) is 2.16. The van der Waals surface area contributed by atoms with E-state index in [0.717, 1.165) is 22.3 Å². The third-order valence-corrected chi connectivity index (χ3v) is 3.72. The first-order chi connectivity index (χ1) is 12.2. The maximum Gasteiger partial charge on any atom is 0.253 e. The summed E-state index contributed by atoms with van der Waals surface area (Å²) in [6, 6.07) is 11.2. The van der Waals surface area contributed by atoms with Crippen LogP contribution in [0.4, 0.5) is 5.69 Å². The standard InChI is InChI=1S/C19H21N3O3/c1-3-24-16-6-7-17-13(10-16)9-14(19(23)22-17)11-20-15-5-8-18(21-12-15)25-4-2/h5-10,12,20H,3-4,11H2,1-2H3,(H,22,23). The van der Waals surface area contributed by atoms with E-state index in [4.69, 9.17) is 9.47 Å². The highest BCUT2D eigenvalue weighted by atomic mass is 16.5. The van der Waals surface area contributed by atoms with E-state index in [1.165, 1.54) is 0 Å². The lowest BCUT2D eigenvalue weighted by atomic mass is 10.1. The van der Waals surface area contributed by atoms with E-state index < -0.39 is 0 Å². The lowest BCUT2D eigenvalue weighted by Gasteiger charge is -2.09. The molecule has 0 radical (unpaired) electrons. The van der Waals surface area contributed by atoms with Crippen LogP contribution in [0.1, 0.15) is 19.4 Å². The Bertz CT molecular complexity index is 904. The SMILES string of the molecule is CCOc1ccc2[nH]c(=O)c(CNc3ccc(OCC)nc3)cc2c1. The lowest BCUT2D eigenvalue weighted by Crippen LogP contribution is -2.15. The molecule has 0 bridgehead atoms. The number of aromatic amines is 1. The van der Waals surface area contributed by atoms with Crippen molar-refractivity contribution in [3.8, 4) is 11.6 Å². The maximum atomic E-state index is 12.2. The van der Waals surface area contributed by atoms with Crippen molar-refractivity contribution in [2.75, 3.05) is 18.5 Å². The molecule has 0 aliphatic heterocycles. The van der Waals surface area contributed by atoms with Crippen LogP contribution in [0.2, 0.25) is 0 Å². The van der Waals surface area contributed by atoms with E-state index in [1.807, 2.05) is 44.2 Å². The van der Waals surface area contributed by atoms with Crippen LogP contribution >= 0.6 is 0 Å². The normalized spacial score (nSPS) is 10.6. The first-order valence-corrected chi connectivity index (χ1v) is 8.31. The van der Waals surface area contributed by atoms with Gasteiger partial charge in [0.15, 0.2) is 0 Å². The fourth-order valence-electron chi connectivity index (χ4n) is 2.53. The monoisotopic (exact) mass is 339 g/mol. The van der Waals surface area contributed by atoms with Crippen molar-refractivity contribution in [1.29, 1.82) is 0 Å². The smallest absolute Gasteiger partial charge is 0.253 e. The molecule has 0 aliphatic carbocycles. The Morgan fingerprint density at radius 3 is 2.64 bits per heavy atom. The fourth-order valence-corrected chi connectivity index (χ4v) is 2.53. The van der Waals surface area contributed by atoms with Gasteiger partial charge in [0.25, 0.3) is 5.56 Å². The Hall–Kier alpha value is -3.02. The molecule has 6 nitrogen and oxygen atoms in total. The predicted molar refractivity (Wildman–Crippen MR) is 98.5 cm³/mol. The van der Waals surface area contributed by atoms with Crippen molar-refractivity contribution >= 4 is 16.6 Å². The Morgan fingerprint density at radius 2 is 1.92 bits per heavy atom. The van der Waals surface area contributed by atoms with Crippen LogP contribution in [0.15, 0.2) is 47.4 Å². The molecule has 0 amide bonds. The third-order valence-electron chi connectivity index (χ3n) is 3.72. The molecule has 6 heteroatoms. The van der Waals surface area contributed by atoms with Gasteiger partial charge >= 0.3 is 0 Å². The van der Waals surface area contributed by atoms with Crippen molar-refractivity contribution in [2.45, 2.75) is 20.4 Å².